The zero-order valence-electron chi connectivity index (χ0n) is 8.78. The van der Waals surface area contributed by atoms with Crippen LogP contribution < -0.4 is 5.73 Å². The molecule has 0 aliphatic heterocycles. The maximum absolute atomic E-state index is 5.67. The van der Waals surface area contributed by atoms with Crippen molar-refractivity contribution < 1.29 is 9.47 Å². The van der Waals surface area contributed by atoms with Crippen molar-refractivity contribution in [2.45, 2.75) is 6.10 Å². The summed E-state index contributed by atoms with van der Waals surface area (Å²) in [4.78, 5) is 0. The highest BCUT2D eigenvalue weighted by Crippen LogP contribution is 2.24. The Morgan fingerprint density at radius 3 is 2.67 bits per heavy atom. The van der Waals surface area contributed by atoms with Crippen molar-refractivity contribution in [3.05, 3.63) is 34.3 Å². The van der Waals surface area contributed by atoms with Gasteiger partial charge in [-0.2, -0.15) is 0 Å². The molecule has 0 fully saturated rings. The Balaban J connectivity index is 2.61. The Bertz CT molecular complexity index is 294. The fourth-order valence-corrected chi connectivity index (χ4v) is 1.83. The van der Waals surface area contributed by atoms with Crippen LogP contribution >= 0.6 is 15.9 Å². The number of ether oxygens (including phenoxy) is 2. The van der Waals surface area contributed by atoms with E-state index in [4.69, 9.17) is 15.2 Å². The second-order valence-electron chi connectivity index (χ2n) is 3.11. The van der Waals surface area contributed by atoms with E-state index in [1.807, 2.05) is 24.3 Å². The van der Waals surface area contributed by atoms with Crippen LogP contribution in [0.25, 0.3) is 0 Å². The Morgan fingerprint density at radius 2 is 2.07 bits per heavy atom. The van der Waals surface area contributed by atoms with Crippen molar-refractivity contribution in [1.29, 1.82) is 0 Å². The third-order valence-corrected chi connectivity index (χ3v) is 2.79. The summed E-state index contributed by atoms with van der Waals surface area (Å²) in [7, 11) is 1.65. The zero-order chi connectivity index (χ0) is 11.1. The van der Waals surface area contributed by atoms with E-state index in [0.717, 1.165) is 10.0 Å². The van der Waals surface area contributed by atoms with Crippen LogP contribution in [0.5, 0.6) is 0 Å². The van der Waals surface area contributed by atoms with Crippen LogP contribution in [0, 0.1) is 0 Å². The Labute approximate surface area is 98.7 Å². The summed E-state index contributed by atoms with van der Waals surface area (Å²) in [5.74, 6) is 0. The highest BCUT2D eigenvalue weighted by molar-refractivity contribution is 9.10. The molecule has 84 valence electrons. The first-order valence-corrected chi connectivity index (χ1v) is 5.64. The summed E-state index contributed by atoms with van der Waals surface area (Å²) in [6.45, 7) is 1.60. The third-order valence-electron chi connectivity index (χ3n) is 2.07. The summed E-state index contributed by atoms with van der Waals surface area (Å²) in [6.07, 6.45) is -0.0734. The minimum Gasteiger partial charge on any atom is -0.382 e. The summed E-state index contributed by atoms with van der Waals surface area (Å²) in [6, 6.07) is 7.94. The molecule has 0 bridgehead atoms. The first-order chi connectivity index (χ1) is 7.29. The smallest absolute Gasteiger partial charge is 0.0959 e. The molecule has 1 aromatic carbocycles. The molecule has 4 heteroatoms. The molecule has 0 radical (unpaired) electrons. The second-order valence-corrected chi connectivity index (χ2v) is 3.96. The second kappa shape index (κ2) is 6.95. The molecule has 0 aliphatic rings. The molecule has 3 nitrogen and oxygen atoms in total. The van der Waals surface area contributed by atoms with Gasteiger partial charge in [-0.15, -0.1) is 0 Å². The van der Waals surface area contributed by atoms with Crippen LogP contribution in [0.4, 0.5) is 0 Å². The van der Waals surface area contributed by atoms with Gasteiger partial charge in [0, 0.05) is 18.1 Å². The molecule has 0 saturated carbocycles. The largest absolute Gasteiger partial charge is 0.382 e. The monoisotopic (exact) mass is 273 g/mol. The minimum atomic E-state index is -0.0734. The van der Waals surface area contributed by atoms with Crippen LogP contribution in [0.2, 0.25) is 0 Å². The summed E-state index contributed by atoms with van der Waals surface area (Å²) in [5, 5.41) is 0. The SMILES string of the molecule is COCCOC(CN)c1ccccc1Br. The highest BCUT2D eigenvalue weighted by atomic mass is 79.9. The van der Waals surface area contributed by atoms with Gasteiger partial charge < -0.3 is 15.2 Å². The van der Waals surface area contributed by atoms with Crippen molar-refractivity contribution in [3.63, 3.8) is 0 Å². The van der Waals surface area contributed by atoms with Gasteiger partial charge >= 0.3 is 0 Å². The molecule has 1 unspecified atom stereocenters. The normalized spacial score (nSPS) is 12.7. The molecule has 1 rings (SSSR count). The topological polar surface area (TPSA) is 44.5 Å². The van der Waals surface area contributed by atoms with E-state index in [-0.39, 0.29) is 6.10 Å². The predicted octanol–water partition coefficient (Wildman–Crippen LogP) is 2.11. The third kappa shape index (κ3) is 3.91. The van der Waals surface area contributed by atoms with E-state index in [0.29, 0.717) is 19.8 Å². The van der Waals surface area contributed by atoms with Crippen molar-refractivity contribution in [2.24, 2.45) is 5.73 Å². The standard InChI is InChI=1S/C11H16BrNO2/c1-14-6-7-15-11(8-13)9-4-2-3-5-10(9)12/h2-5,11H,6-8,13H2,1H3. The first kappa shape index (κ1) is 12.6. The van der Waals surface area contributed by atoms with Gasteiger partial charge in [-0.05, 0) is 11.6 Å². The van der Waals surface area contributed by atoms with E-state index in [2.05, 4.69) is 15.9 Å². The summed E-state index contributed by atoms with van der Waals surface area (Å²) < 4.78 is 11.6. The van der Waals surface area contributed by atoms with Gasteiger partial charge in [-0.1, -0.05) is 34.1 Å². The van der Waals surface area contributed by atoms with Crippen LogP contribution in [0.1, 0.15) is 11.7 Å². The molecule has 0 amide bonds. The van der Waals surface area contributed by atoms with E-state index >= 15 is 0 Å². The molecular formula is C11H16BrNO2. The van der Waals surface area contributed by atoms with E-state index in [9.17, 15) is 0 Å². The van der Waals surface area contributed by atoms with E-state index < -0.39 is 0 Å². The van der Waals surface area contributed by atoms with Gasteiger partial charge in [0.05, 0.1) is 19.3 Å². The fourth-order valence-electron chi connectivity index (χ4n) is 1.29. The van der Waals surface area contributed by atoms with Crippen LogP contribution in [-0.2, 0) is 9.47 Å². The van der Waals surface area contributed by atoms with E-state index in [1.165, 1.54) is 0 Å². The Hall–Kier alpha value is -0.420. The predicted molar refractivity (Wildman–Crippen MR) is 63.8 cm³/mol. The number of methoxy groups -OCH3 is 1. The number of hydrogen-bond acceptors (Lipinski definition) is 3. The molecule has 0 aliphatic carbocycles. The fraction of sp³-hybridized carbons (Fsp3) is 0.455. The molecule has 1 atom stereocenters. The van der Waals surface area contributed by atoms with Crippen molar-refractivity contribution >= 4 is 15.9 Å². The lowest BCUT2D eigenvalue weighted by atomic mass is 10.1. The molecule has 15 heavy (non-hydrogen) atoms. The zero-order valence-corrected chi connectivity index (χ0v) is 10.4. The molecule has 0 heterocycles. The van der Waals surface area contributed by atoms with Crippen molar-refractivity contribution in [2.75, 3.05) is 26.9 Å². The summed E-state index contributed by atoms with van der Waals surface area (Å²) in [5.41, 5.74) is 6.75. The van der Waals surface area contributed by atoms with E-state index in [1.54, 1.807) is 7.11 Å². The lowest BCUT2D eigenvalue weighted by Gasteiger charge is -2.17. The maximum Gasteiger partial charge on any atom is 0.0959 e. The van der Waals surface area contributed by atoms with Crippen molar-refractivity contribution in [1.82, 2.24) is 0 Å². The quantitative estimate of drug-likeness (QED) is 0.808. The Morgan fingerprint density at radius 1 is 1.33 bits per heavy atom. The molecular weight excluding hydrogens is 258 g/mol. The van der Waals surface area contributed by atoms with Crippen LogP contribution in [-0.4, -0.2) is 26.9 Å². The van der Waals surface area contributed by atoms with Crippen LogP contribution in [0.15, 0.2) is 28.7 Å². The maximum atomic E-state index is 5.67. The first-order valence-electron chi connectivity index (χ1n) is 4.84. The number of halogens is 1. The molecule has 2 N–H and O–H groups in total. The average Bonchev–Trinajstić information content (AvgIpc) is 2.26. The Kier molecular flexibility index (Phi) is 5.86. The number of benzene rings is 1. The van der Waals surface area contributed by atoms with Gasteiger partial charge in [-0.25, -0.2) is 0 Å². The van der Waals surface area contributed by atoms with Gasteiger partial charge in [0.15, 0.2) is 0 Å². The van der Waals surface area contributed by atoms with Gasteiger partial charge in [0.2, 0.25) is 0 Å². The number of nitrogens with two attached hydrogens (primary N) is 1. The lowest BCUT2D eigenvalue weighted by Crippen LogP contribution is -2.18. The van der Waals surface area contributed by atoms with Gasteiger partial charge in [-0.3, -0.25) is 0 Å². The molecule has 0 spiro atoms. The molecule has 1 aromatic rings. The summed E-state index contributed by atoms with van der Waals surface area (Å²) >= 11 is 3.48. The van der Waals surface area contributed by atoms with Crippen molar-refractivity contribution in [3.8, 4) is 0 Å². The van der Waals surface area contributed by atoms with Crippen LogP contribution in [0.3, 0.4) is 0 Å². The number of hydrogen-bond donors (Lipinski definition) is 1. The minimum absolute atomic E-state index is 0.0734. The average molecular weight is 274 g/mol. The highest BCUT2D eigenvalue weighted by Gasteiger charge is 2.12. The molecule has 0 aromatic heterocycles. The number of rotatable bonds is 6. The van der Waals surface area contributed by atoms with Gasteiger partial charge in [0.1, 0.15) is 0 Å². The molecule has 0 saturated heterocycles. The van der Waals surface area contributed by atoms with Gasteiger partial charge in [0.25, 0.3) is 0 Å². The lowest BCUT2D eigenvalue weighted by molar-refractivity contribution is 0.0204.